The second kappa shape index (κ2) is 6.34. The number of nitriles is 1. The van der Waals surface area contributed by atoms with E-state index in [-0.39, 0.29) is 18.4 Å². The molecule has 0 aromatic heterocycles. The highest BCUT2D eigenvalue weighted by Crippen LogP contribution is 2.25. The standard InChI is InChI=1S/C17H12FN3O2S/c1-24(20-10-19)15-7-6-11(8-14(15)18)9-21-16(22)12-4-2-3-5-13(12)17(21)23/h2-8H,9H2,1H3. The van der Waals surface area contributed by atoms with Crippen molar-refractivity contribution in [2.24, 2.45) is 4.36 Å². The molecule has 1 heterocycles. The van der Waals surface area contributed by atoms with Gasteiger partial charge in [0.15, 0.2) is 0 Å². The van der Waals surface area contributed by atoms with Gasteiger partial charge in [-0.05, 0) is 36.1 Å². The number of carbonyl (C=O) groups excluding carboxylic acids is 2. The summed E-state index contributed by atoms with van der Waals surface area (Å²) in [5.74, 6) is -1.27. The van der Waals surface area contributed by atoms with Gasteiger partial charge in [-0.3, -0.25) is 14.5 Å². The van der Waals surface area contributed by atoms with E-state index >= 15 is 0 Å². The van der Waals surface area contributed by atoms with Crippen LogP contribution in [0.25, 0.3) is 0 Å². The van der Waals surface area contributed by atoms with Crippen LogP contribution in [0.1, 0.15) is 26.3 Å². The van der Waals surface area contributed by atoms with Gasteiger partial charge in [0, 0.05) is 0 Å². The smallest absolute Gasteiger partial charge is 0.261 e. The number of hydrogen-bond acceptors (Lipinski definition) is 4. The molecule has 5 nitrogen and oxygen atoms in total. The van der Waals surface area contributed by atoms with Gasteiger partial charge in [-0.15, -0.1) is 4.36 Å². The van der Waals surface area contributed by atoms with Crippen molar-refractivity contribution in [3.05, 3.63) is 65.0 Å². The van der Waals surface area contributed by atoms with Crippen LogP contribution in [0.5, 0.6) is 0 Å². The van der Waals surface area contributed by atoms with Crippen LogP contribution in [0.15, 0.2) is 51.7 Å². The Kier molecular flexibility index (Phi) is 4.23. The van der Waals surface area contributed by atoms with Crippen molar-refractivity contribution in [1.29, 1.82) is 5.26 Å². The van der Waals surface area contributed by atoms with Gasteiger partial charge in [0.25, 0.3) is 11.8 Å². The Morgan fingerprint density at radius 3 is 2.33 bits per heavy atom. The van der Waals surface area contributed by atoms with E-state index in [1.165, 1.54) is 12.1 Å². The van der Waals surface area contributed by atoms with E-state index in [0.717, 1.165) is 4.90 Å². The summed E-state index contributed by atoms with van der Waals surface area (Å²) in [7, 11) is -0.862. The molecule has 7 heteroatoms. The lowest BCUT2D eigenvalue weighted by Gasteiger charge is -2.14. The van der Waals surface area contributed by atoms with Crippen molar-refractivity contribution in [3.8, 4) is 6.19 Å². The van der Waals surface area contributed by atoms with Crippen LogP contribution in [0.4, 0.5) is 4.39 Å². The molecular formula is C17H12FN3O2S. The van der Waals surface area contributed by atoms with Gasteiger partial charge in [-0.1, -0.05) is 28.9 Å². The van der Waals surface area contributed by atoms with Crippen LogP contribution in [-0.4, -0.2) is 23.0 Å². The summed E-state index contributed by atoms with van der Waals surface area (Å²) in [5, 5.41) is 8.56. The summed E-state index contributed by atoms with van der Waals surface area (Å²) in [6, 6.07) is 11.0. The molecule has 1 aliphatic heterocycles. The highest BCUT2D eigenvalue weighted by Gasteiger charge is 2.35. The summed E-state index contributed by atoms with van der Waals surface area (Å²) >= 11 is 0. The maximum atomic E-state index is 14.2. The number of halogens is 1. The van der Waals surface area contributed by atoms with Crippen LogP contribution in [0.2, 0.25) is 0 Å². The molecule has 0 spiro atoms. The summed E-state index contributed by atoms with van der Waals surface area (Å²) < 4.78 is 17.8. The fourth-order valence-corrected chi connectivity index (χ4v) is 3.38. The molecule has 2 aromatic rings. The first-order valence-electron chi connectivity index (χ1n) is 7.02. The van der Waals surface area contributed by atoms with Gasteiger partial charge in [-0.25, -0.2) is 4.39 Å². The molecule has 2 amide bonds. The maximum absolute atomic E-state index is 14.2. The summed E-state index contributed by atoms with van der Waals surface area (Å²) in [4.78, 5) is 26.1. The lowest BCUT2D eigenvalue weighted by molar-refractivity contribution is 0.0642. The first-order chi connectivity index (χ1) is 11.5. The summed E-state index contributed by atoms with van der Waals surface area (Å²) in [6.45, 7) is -0.00354. The normalized spacial score (nSPS) is 14.6. The van der Waals surface area contributed by atoms with Crippen LogP contribution >= 0.6 is 0 Å². The minimum Gasteiger partial charge on any atom is -0.270 e. The number of nitrogens with zero attached hydrogens (tertiary/aromatic N) is 3. The highest BCUT2D eigenvalue weighted by molar-refractivity contribution is 7.86. The van der Waals surface area contributed by atoms with Crippen molar-refractivity contribution in [2.75, 3.05) is 6.26 Å². The molecule has 0 bridgehead atoms. The Balaban J connectivity index is 1.87. The number of amides is 2. The van der Waals surface area contributed by atoms with Crippen LogP contribution in [-0.2, 0) is 17.2 Å². The van der Waals surface area contributed by atoms with Crippen molar-refractivity contribution in [3.63, 3.8) is 0 Å². The van der Waals surface area contributed by atoms with Crippen molar-refractivity contribution in [2.45, 2.75) is 11.4 Å². The fraction of sp³-hybridized carbons (Fsp3) is 0.118. The van der Waals surface area contributed by atoms with E-state index in [2.05, 4.69) is 4.36 Å². The van der Waals surface area contributed by atoms with Gasteiger partial charge in [0.2, 0.25) is 6.19 Å². The van der Waals surface area contributed by atoms with Crippen LogP contribution in [0, 0.1) is 17.3 Å². The van der Waals surface area contributed by atoms with E-state index in [1.54, 1.807) is 42.8 Å². The minimum atomic E-state index is -0.862. The first kappa shape index (κ1) is 16.0. The third-order valence-corrected chi connectivity index (χ3v) is 5.03. The van der Waals surface area contributed by atoms with Crippen LogP contribution < -0.4 is 0 Å². The summed E-state index contributed by atoms with van der Waals surface area (Å²) in [6.07, 6.45) is 3.31. The largest absolute Gasteiger partial charge is 0.270 e. The first-order valence-corrected chi connectivity index (χ1v) is 8.61. The fourth-order valence-electron chi connectivity index (χ4n) is 2.56. The lowest BCUT2D eigenvalue weighted by atomic mass is 10.1. The van der Waals surface area contributed by atoms with Crippen molar-refractivity contribution >= 4 is 22.5 Å². The molecule has 120 valence electrons. The van der Waals surface area contributed by atoms with E-state index in [4.69, 9.17) is 5.26 Å². The van der Waals surface area contributed by atoms with Crippen molar-refractivity contribution < 1.29 is 14.0 Å². The van der Waals surface area contributed by atoms with Gasteiger partial charge in [-0.2, -0.15) is 5.26 Å². The quantitative estimate of drug-likeness (QED) is 0.636. The van der Waals surface area contributed by atoms with E-state index in [9.17, 15) is 14.0 Å². The van der Waals surface area contributed by atoms with E-state index in [1.807, 2.05) is 0 Å². The molecule has 3 rings (SSSR count). The Hall–Kier alpha value is -2.85. The lowest BCUT2D eigenvalue weighted by Crippen LogP contribution is -2.29. The number of rotatable bonds is 3. The Labute approximate surface area is 140 Å². The molecule has 0 N–H and O–H groups in total. The van der Waals surface area contributed by atoms with Crippen molar-refractivity contribution in [1.82, 2.24) is 4.90 Å². The number of imide groups is 1. The third kappa shape index (κ3) is 2.72. The highest BCUT2D eigenvalue weighted by atomic mass is 32.2. The predicted octanol–water partition coefficient (Wildman–Crippen LogP) is 2.89. The minimum absolute atomic E-state index is 0.00354. The second-order valence-electron chi connectivity index (χ2n) is 5.18. The molecule has 0 fully saturated rings. The number of carbonyl (C=O) groups is 2. The van der Waals surface area contributed by atoms with E-state index in [0.29, 0.717) is 21.6 Å². The van der Waals surface area contributed by atoms with Crippen LogP contribution in [0.3, 0.4) is 0 Å². The maximum Gasteiger partial charge on any atom is 0.261 e. The molecule has 0 radical (unpaired) electrons. The zero-order valence-corrected chi connectivity index (χ0v) is 13.5. The van der Waals surface area contributed by atoms with Gasteiger partial charge >= 0.3 is 0 Å². The van der Waals surface area contributed by atoms with Gasteiger partial charge in [0.1, 0.15) is 5.82 Å². The Morgan fingerprint density at radius 1 is 1.17 bits per heavy atom. The average molecular weight is 341 g/mol. The number of hydrogen-bond donors (Lipinski definition) is 0. The topological polar surface area (TPSA) is 73.5 Å². The summed E-state index contributed by atoms with van der Waals surface area (Å²) in [5.41, 5.74) is 1.23. The zero-order chi connectivity index (χ0) is 17.3. The zero-order valence-electron chi connectivity index (χ0n) is 12.7. The molecule has 24 heavy (non-hydrogen) atoms. The molecule has 0 saturated heterocycles. The third-order valence-electron chi connectivity index (χ3n) is 3.71. The molecule has 2 aromatic carbocycles. The molecule has 1 aliphatic rings. The SMILES string of the molecule is C/S(=N/C#N)c1ccc(CN2C(=O)c3ccccc3C2=O)cc1F. The Bertz CT molecular complexity index is 899. The monoisotopic (exact) mass is 341 g/mol. The molecule has 1 atom stereocenters. The molecule has 1 unspecified atom stereocenters. The molecule has 0 aliphatic carbocycles. The second-order valence-corrected chi connectivity index (χ2v) is 6.75. The molecular weight excluding hydrogens is 329 g/mol. The predicted molar refractivity (Wildman–Crippen MR) is 86.6 cm³/mol. The van der Waals surface area contributed by atoms with E-state index < -0.39 is 16.5 Å². The molecule has 0 saturated carbocycles. The van der Waals surface area contributed by atoms with Gasteiger partial charge < -0.3 is 0 Å². The Morgan fingerprint density at radius 2 is 1.79 bits per heavy atom. The number of benzene rings is 2. The average Bonchev–Trinajstić information content (AvgIpc) is 2.81. The van der Waals surface area contributed by atoms with Gasteiger partial charge in [0.05, 0.1) is 22.6 Å². The number of fused-ring (bicyclic) bond motifs is 1.